The Morgan fingerprint density at radius 3 is 2.68 bits per heavy atom. The number of rotatable bonds is 2. The molecule has 0 aliphatic carbocycles. The van der Waals surface area contributed by atoms with Crippen molar-refractivity contribution in [2.75, 3.05) is 6.54 Å². The Morgan fingerprint density at radius 2 is 2.11 bits per heavy atom. The molecule has 5 nitrogen and oxygen atoms in total. The summed E-state index contributed by atoms with van der Waals surface area (Å²) in [4.78, 5) is 28.9. The Balaban J connectivity index is 2.36. The summed E-state index contributed by atoms with van der Waals surface area (Å²) >= 11 is 11.6. The van der Waals surface area contributed by atoms with Gasteiger partial charge in [0.05, 0.1) is 5.56 Å². The number of likely N-dealkylation sites (tertiary alicyclic amines) is 1. The van der Waals surface area contributed by atoms with Gasteiger partial charge in [0, 0.05) is 6.54 Å². The molecule has 1 unspecified atom stereocenters. The number of aliphatic carboxylic acids is 1. The third-order valence-corrected chi connectivity index (χ3v) is 3.89. The highest BCUT2D eigenvalue weighted by atomic mass is 35.5. The van der Waals surface area contributed by atoms with E-state index in [0.29, 0.717) is 19.4 Å². The van der Waals surface area contributed by atoms with Gasteiger partial charge in [-0.25, -0.2) is 9.78 Å². The van der Waals surface area contributed by atoms with E-state index in [9.17, 15) is 14.7 Å². The number of amides is 1. The van der Waals surface area contributed by atoms with E-state index in [1.54, 1.807) is 0 Å². The first-order valence-electron chi connectivity index (χ1n) is 5.73. The van der Waals surface area contributed by atoms with Gasteiger partial charge in [0.1, 0.15) is 15.8 Å². The molecule has 0 radical (unpaired) electrons. The van der Waals surface area contributed by atoms with Gasteiger partial charge in [0.15, 0.2) is 0 Å². The van der Waals surface area contributed by atoms with E-state index in [4.69, 9.17) is 23.2 Å². The van der Waals surface area contributed by atoms with E-state index >= 15 is 0 Å². The Bertz CT molecular complexity index is 550. The molecule has 1 aromatic rings. The lowest BCUT2D eigenvalue weighted by atomic mass is 9.99. The molecule has 2 heterocycles. The highest BCUT2D eigenvalue weighted by molar-refractivity contribution is 6.34. The van der Waals surface area contributed by atoms with Crippen LogP contribution in [0.15, 0.2) is 12.1 Å². The fourth-order valence-electron chi connectivity index (χ4n) is 2.23. The van der Waals surface area contributed by atoms with Gasteiger partial charge in [-0.05, 0) is 31.9 Å². The van der Waals surface area contributed by atoms with Crippen LogP contribution in [0.4, 0.5) is 0 Å². The molecule has 1 atom stereocenters. The van der Waals surface area contributed by atoms with Crippen LogP contribution >= 0.6 is 23.2 Å². The molecule has 0 aromatic carbocycles. The zero-order valence-corrected chi connectivity index (χ0v) is 11.7. The number of carbonyl (C=O) groups excluding carboxylic acids is 1. The van der Waals surface area contributed by atoms with Crippen LogP contribution in [0.2, 0.25) is 10.3 Å². The summed E-state index contributed by atoms with van der Waals surface area (Å²) in [5, 5.41) is 9.46. The first-order chi connectivity index (χ1) is 8.86. The molecular weight excluding hydrogens is 291 g/mol. The molecule has 1 aromatic heterocycles. The summed E-state index contributed by atoms with van der Waals surface area (Å²) in [5.41, 5.74) is -1.03. The second-order valence-electron chi connectivity index (χ2n) is 4.61. The van der Waals surface area contributed by atoms with E-state index in [2.05, 4.69) is 4.98 Å². The summed E-state index contributed by atoms with van der Waals surface area (Å²) in [6.45, 7) is 1.93. The summed E-state index contributed by atoms with van der Waals surface area (Å²) in [6, 6.07) is 2.91. The Labute approximate surface area is 120 Å². The van der Waals surface area contributed by atoms with E-state index in [1.165, 1.54) is 24.0 Å². The zero-order valence-electron chi connectivity index (χ0n) is 10.2. The number of carbonyl (C=O) groups is 2. The van der Waals surface area contributed by atoms with Crippen LogP contribution in [0.5, 0.6) is 0 Å². The van der Waals surface area contributed by atoms with Gasteiger partial charge >= 0.3 is 5.97 Å². The van der Waals surface area contributed by atoms with Crippen molar-refractivity contribution in [1.29, 1.82) is 0 Å². The summed E-state index contributed by atoms with van der Waals surface area (Å²) in [7, 11) is 0. The average molecular weight is 303 g/mol. The van der Waals surface area contributed by atoms with E-state index < -0.39 is 17.4 Å². The standard InChI is InChI=1S/C12H12Cl2N2O3/c1-12(11(18)19)5-2-6-16(12)10(17)7-3-4-8(13)15-9(7)14/h3-4H,2,5-6H2,1H3,(H,18,19). The molecule has 1 saturated heterocycles. The lowest BCUT2D eigenvalue weighted by molar-refractivity contribution is -0.147. The minimum Gasteiger partial charge on any atom is -0.480 e. The topological polar surface area (TPSA) is 70.5 Å². The van der Waals surface area contributed by atoms with E-state index in [-0.39, 0.29) is 15.9 Å². The molecule has 1 N–H and O–H groups in total. The van der Waals surface area contributed by atoms with Gasteiger partial charge in [-0.15, -0.1) is 0 Å². The second-order valence-corrected chi connectivity index (χ2v) is 5.36. The molecule has 1 amide bonds. The third-order valence-electron chi connectivity index (χ3n) is 3.39. The summed E-state index contributed by atoms with van der Waals surface area (Å²) in [6.07, 6.45) is 1.07. The maximum absolute atomic E-state index is 12.4. The van der Waals surface area contributed by atoms with Crippen LogP contribution in [-0.2, 0) is 4.79 Å². The van der Waals surface area contributed by atoms with Gasteiger partial charge in [-0.2, -0.15) is 0 Å². The van der Waals surface area contributed by atoms with Crippen LogP contribution in [0.3, 0.4) is 0 Å². The van der Waals surface area contributed by atoms with Crippen molar-refractivity contribution in [1.82, 2.24) is 9.88 Å². The van der Waals surface area contributed by atoms with Gasteiger partial charge in [0.25, 0.3) is 5.91 Å². The van der Waals surface area contributed by atoms with Crippen molar-refractivity contribution < 1.29 is 14.7 Å². The lowest BCUT2D eigenvalue weighted by Crippen LogP contribution is -2.50. The fraction of sp³-hybridized carbons (Fsp3) is 0.417. The monoisotopic (exact) mass is 302 g/mol. The van der Waals surface area contributed by atoms with Crippen molar-refractivity contribution in [2.24, 2.45) is 0 Å². The van der Waals surface area contributed by atoms with Gasteiger partial charge in [-0.1, -0.05) is 23.2 Å². The largest absolute Gasteiger partial charge is 0.480 e. The molecule has 1 aliphatic heterocycles. The minimum absolute atomic E-state index is 0.0165. The van der Waals surface area contributed by atoms with E-state index in [1.807, 2.05) is 0 Å². The predicted molar refractivity (Wildman–Crippen MR) is 70.6 cm³/mol. The Morgan fingerprint density at radius 1 is 1.42 bits per heavy atom. The Kier molecular flexibility index (Phi) is 3.69. The highest BCUT2D eigenvalue weighted by Gasteiger charge is 2.46. The predicted octanol–water partition coefficient (Wildman–Crippen LogP) is 2.47. The lowest BCUT2D eigenvalue weighted by Gasteiger charge is -2.31. The van der Waals surface area contributed by atoms with Crippen LogP contribution in [0.25, 0.3) is 0 Å². The van der Waals surface area contributed by atoms with Crippen LogP contribution in [0.1, 0.15) is 30.1 Å². The molecule has 102 valence electrons. The first kappa shape index (κ1) is 14.1. The molecule has 0 bridgehead atoms. The smallest absolute Gasteiger partial charge is 0.329 e. The molecule has 1 fully saturated rings. The number of aromatic nitrogens is 1. The van der Waals surface area contributed by atoms with Gasteiger partial charge in [0.2, 0.25) is 0 Å². The second kappa shape index (κ2) is 4.98. The summed E-state index contributed by atoms with van der Waals surface area (Å²) < 4.78 is 0. The van der Waals surface area contributed by atoms with E-state index in [0.717, 1.165) is 0 Å². The van der Waals surface area contributed by atoms with Crippen LogP contribution < -0.4 is 0 Å². The normalized spacial score (nSPS) is 22.6. The molecule has 0 saturated carbocycles. The van der Waals surface area contributed by atoms with Gasteiger partial charge in [-0.3, -0.25) is 4.79 Å². The van der Waals surface area contributed by atoms with Crippen LogP contribution in [-0.4, -0.2) is 39.0 Å². The maximum Gasteiger partial charge on any atom is 0.329 e. The fourth-order valence-corrected chi connectivity index (χ4v) is 2.65. The number of carboxylic acid groups (broad SMARTS) is 1. The number of hydrogen-bond donors (Lipinski definition) is 1. The van der Waals surface area contributed by atoms with Gasteiger partial charge < -0.3 is 10.0 Å². The number of nitrogens with zero attached hydrogens (tertiary/aromatic N) is 2. The van der Waals surface area contributed by atoms with Crippen LogP contribution in [0, 0.1) is 0 Å². The van der Waals surface area contributed by atoms with Crippen molar-refractivity contribution in [2.45, 2.75) is 25.3 Å². The first-order valence-corrected chi connectivity index (χ1v) is 6.49. The third kappa shape index (κ3) is 2.40. The quantitative estimate of drug-likeness (QED) is 0.852. The highest BCUT2D eigenvalue weighted by Crippen LogP contribution is 2.32. The summed E-state index contributed by atoms with van der Waals surface area (Å²) in [5.74, 6) is -1.45. The molecule has 1 aliphatic rings. The molecule has 2 rings (SSSR count). The number of halogens is 2. The molecule has 7 heteroatoms. The number of pyridine rings is 1. The average Bonchev–Trinajstić information content (AvgIpc) is 2.72. The molecular formula is C12H12Cl2N2O3. The SMILES string of the molecule is CC1(C(=O)O)CCCN1C(=O)c1ccc(Cl)nc1Cl. The van der Waals surface area contributed by atoms with Crippen molar-refractivity contribution in [3.8, 4) is 0 Å². The molecule has 19 heavy (non-hydrogen) atoms. The maximum atomic E-state index is 12.4. The zero-order chi connectivity index (χ0) is 14.2. The molecule has 0 spiro atoms. The number of hydrogen-bond acceptors (Lipinski definition) is 3. The minimum atomic E-state index is -1.19. The van der Waals surface area contributed by atoms with Crippen molar-refractivity contribution in [3.63, 3.8) is 0 Å². The Hall–Kier alpha value is -1.33. The van der Waals surface area contributed by atoms with Crippen molar-refractivity contribution >= 4 is 35.1 Å². The number of carboxylic acids is 1. The van der Waals surface area contributed by atoms with Crippen molar-refractivity contribution in [3.05, 3.63) is 28.0 Å².